The maximum absolute atomic E-state index is 13.1. The lowest BCUT2D eigenvalue weighted by Gasteiger charge is -2.20. The summed E-state index contributed by atoms with van der Waals surface area (Å²) in [6.07, 6.45) is 0. The van der Waals surface area contributed by atoms with Crippen LogP contribution in [0.5, 0.6) is 0 Å². The molecule has 0 atom stereocenters. The van der Waals surface area contributed by atoms with Crippen LogP contribution in [0.25, 0.3) is 11.3 Å². The van der Waals surface area contributed by atoms with Crippen LogP contribution >= 0.6 is 0 Å². The first kappa shape index (κ1) is 26.6. The van der Waals surface area contributed by atoms with E-state index in [1.165, 1.54) is 17.2 Å². The van der Waals surface area contributed by atoms with Crippen molar-refractivity contribution in [2.75, 3.05) is 44.9 Å². The summed E-state index contributed by atoms with van der Waals surface area (Å²) in [7, 11) is 5.45. The largest absolute Gasteiger partial charge is 0.478 e. The Morgan fingerprint density at radius 2 is 1.71 bits per heavy atom. The SMILES string of the molecule is Cc1cc(NC(=C2C(=O)Nc3cc(C(=O)O)ccc32)c2ccccc2)ccc1C(=O)N(C)OCCN(C)C. The molecule has 3 aromatic carbocycles. The van der Waals surface area contributed by atoms with Gasteiger partial charge in [0.2, 0.25) is 0 Å². The highest BCUT2D eigenvalue weighted by Crippen LogP contribution is 2.38. The van der Waals surface area contributed by atoms with Gasteiger partial charge in [0.15, 0.2) is 0 Å². The van der Waals surface area contributed by atoms with E-state index in [1.54, 1.807) is 25.2 Å². The second kappa shape index (κ2) is 11.3. The Bertz CT molecular complexity index is 1420. The fourth-order valence-electron chi connectivity index (χ4n) is 4.15. The molecule has 0 bridgehead atoms. The predicted octanol–water partition coefficient (Wildman–Crippen LogP) is 4.19. The average molecular weight is 515 g/mol. The lowest BCUT2D eigenvalue weighted by atomic mass is 9.98. The number of benzene rings is 3. The number of aryl methyl sites for hydroxylation is 1. The van der Waals surface area contributed by atoms with E-state index < -0.39 is 5.97 Å². The fourth-order valence-corrected chi connectivity index (χ4v) is 4.15. The number of anilines is 2. The van der Waals surface area contributed by atoms with Gasteiger partial charge in [0.05, 0.1) is 29.1 Å². The number of carboxylic acid groups (broad SMARTS) is 1. The van der Waals surface area contributed by atoms with Crippen molar-refractivity contribution in [1.29, 1.82) is 0 Å². The van der Waals surface area contributed by atoms with Crippen LogP contribution in [0.3, 0.4) is 0 Å². The molecular formula is C29H30N4O5. The van der Waals surface area contributed by atoms with Gasteiger partial charge in [-0.05, 0) is 62.5 Å². The molecule has 4 rings (SSSR count). The van der Waals surface area contributed by atoms with Gasteiger partial charge in [0, 0.05) is 30.4 Å². The van der Waals surface area contributed by atoms with Gasteiger partial charge in [0.1, 0.15) is 0 Å². The second-order valence-corrected chi connectivity index (χ2v) is 9.23. The van der Waals surface area contributed by atoms with Crippen molar-refractivity contribution in [2.45, 2.75) is 6.92 Å². The van der Waals surface area contributed by atoms with Gasteiger partial charge < -0.3 is 20.6 Å². The van der Waals surface area contributed by atoms with Gasteiger partial charge in [-0.1, -0.05) is 36.4 Å². The standard InChI is InChI=1S/C29H30N4O5/c1-18-16-21(11-13-22(18)28(35)33(4)38-15-14-32(2)3)30-26(19-8-6-5-7-9-19)25-23-12-10-20(29(36)37)17-24(23)31-27(25)34/h5-13,16-17,30H,14-15H2,1-4H3,(H,31,34)(H,36,37). The molecule has 38 heavy (non-hydrogen) atoms. The zero-order valence-corrected chi connectivity index (χ0v) is 21.7. The molecule has 3 N–H and O–H groups in total. The Morgan fingerprint density at radius 1 is 0.974 bits per heavy atom. The van der Waals surface area contributed by atoms with Crippen LogP contribution in [0.15, 0.2) is 66.7 Å². The lowest BCUT2D eigenvalue weighted by molar-refractivity contribution is -0.110. The topological polar surface area (TPSA) is 111 Å². The van der Waals surface area contributed by atoms with Crippen molar-refractivity contribution in [3.63, 3.8) is 0 Å². The predicted molar refractivity (Wildman–Crippen MR) is 147 cm³/mol. The van der Waals surface area contributed by atoms with Crippen LogP contribution in [0.1, 0.15) is 37.4 Å². The molecule has 0 aliphatic carbocycles. The molecule has 0 unspecified atom stereocenters. The van der Waals surface area contributed by atoms with Crippen LogP contribution in [0, 0.1) is 6.92 Å². The Morgan fingerprint density at radius 3 is 2.37 bits per heavy atom. The second-order valence-electron chi connectivity index (χ2n) is 9.23. The minimum Gasteiger partial charge on any atom is -0.478 e. The molecule has 196 valence electrons. The van der Waals surface area contributed by atoms with E-state index in [0.717, 1.165) is 11.1 Å². The van der Waals surface area contributed by atoms with Crippen molar-refractivity contribution in [1.82, 2.24) is 9.96 Å². The molecule has 1 aliphatic heterocycles. The number of nitrogens with one attached hydrogen (secondary N) is 2. The summed E-state index contributed by atoms with van der Waals surface area (Å²) in [5.74, 6) is -1.67. The third-order valence-electron chi connectivity index (χ3n) is 6.16. The van der Waals surface area contributed by atoms with Crippen molar-refractivity contribution < 1.29 is 24.3 Å². The molecule has 3 aromatic rings. The summed E-state index contributed by atoms with van der Waals surface area (Å²) in [6, 6.07) is 19.3. The van der Waals surface area contributed by atoms with Crippen LogP contribution in [-0.2, 0) is 9.63 Å². The maximum Gasteiger partial charge on any atom is 0.335 e. The number of nitrogens with zero attached hydrogens (tertiary/aromatic N) is 2. The molecule has 1 heterocycles. The zero-order chi connectivity index (χ0) is 27.4. The van der Waals surface area contributed by atoms with Gasteiger partial charge in [-0.25, -0.2) is 9.86 Å². The molecule has 0 fully saturated rings. The molecule has 0 spiro atoms. The van der Waals surface area contributed by atoms with E-state index in [2.05, 4.69) is 10.6 Å². The molecule has 9 nitrogen and oxygen atoms in total. The molecule has 0 saturated carbocycles. The highest BCUT2D eigenvalue weighted by molar-refractivity contribution is 6.37. The lowest BCUT2D eigenvalue weighted by Crippen LogP contribution is -2.30. The number of likely N-dealkylation sites (N-methyl/N-ethyl adjacent to an activating group) is 1. The van der Waals surface area contributed by atoms with Crippen LogP contribution < -0.4 is 10.6 Å². The molecule has 0 aromatic heterocycles. The third kappa shape index (κ3) is 5.74. The van der Waals surface area contributed by atoms with Crippen LogP contribution in [-0.4, -0.2) is 67.1 Å². The summed E-state index contributed by atoms with van der Waals surface area (Å²) in [6.45, 7) is 2.91. The van der Waals surface area contributed by atoms with Crippen molar-refractivity contribution in [3.8, 4) is 0 Å². The minimum absolute atomic E-state index is 0.0889. The summed E-state index contributed by atoms with van der Waals surface area (Å²) in [4.78, 5) is 45.0. The quantitative estimate of drug-likeness (QED) is 0.290. The van der Waals surface area contributed by atoms with E-state index in [4.69, 9.17) is 4.84 Å². The third-order valence-corrected chi connectivity index (χ3v) is 6.16. The van der Waals surface area contributed by atoms with Crippen molar-refractivity contribution >= 4 is 40.4 Å². The van der Waals surface area contributed by atoms with Crippen molar-refractivity contribution in [2.24, 2.45) is 0 Å². The summed E-state index contributed by atoms with van der Waals surface area (Å²) in [5, 5.41) is 16.7. The number of hydroxylamine groups is 2. The van der Waals surface area contributed by atoms with Crippen LogP contribution in [0.4, 0.5) is 11.4 Å². The number of rotatable bonds is 9. The molecule has 9 heteroatoms. The highest BCUT2D eigenvalue weighted by atomic mass is 16.7. The number of fused-ring (bicyclic) bond motifs is 1. The van der Waals surface area contributed by atoms with Crippen LogP contribution in [0.2, 0.25) is 0 Å². The number of carbonyl (C=O) groups excluding carboxylic acids is 2. The first-order valence-electron chi connectivity index (χ1n) is 12.1. The summed E-state index contributed by atoms with van der Waals surface area (Å²) in [5.41, 5.74) is 4.80. The fraction of sp³-hybridized carbons (Fsp3) is 0.207. The van der Waals surface area contributed by atoms with E-state index in [0.29, 0.717) is 46.9 Å². The summed E-state index contributed by atoms with van der Waals surface area (Å²) < 4.78 is 0. The zero-order valence-electron chi connectivity index (χ0n) is 21.7. The van der Waals surface area contributed by atoms with Gasteiger partial charge >= 0.3 is 5.97 Å². The Balaban J connectivity index is 1.67. The molecular weight excluding hydrogens is 484 g/mol. The first-order chi connectivity index (χ1) is 18.2. The minimum atomic E-state index is -1.07. The summed E-state index contributed by atoms with van der Waals surface area (Å²) >= 11 is 0. The number of aromatic carboxylic acids is 1. The molecule has 0 radical (unpaired) electrons. The van der Waals surface area contributed by atoms with Gasteiger partial charge in [-0.15, -0.1) is 0 Å². The van der Waals surface area contributed by atoms with Gasteiger partial charge in [-0.2, -0.15) is 0 Å². The van der Waals surface area contributed by atoms with Crippen molar-refractivity contribution in [3.05, 3.63) is 94.5 Å². The van der Waals surface area contributed by atoms with E-state index >= 15 is 0 Å². The average Bonchev–Trinajstić information content (AvgIpc) is 3.21. The number of hydrogen-bond donors (Lipinski definition) is 3. The number of carboxylic acids is 1. The number of carbonyl (C=O) groups is 3. The maximum atomic E-state index is 13.1. The Labute approximate surface area is 221 Å². The smallest absolute Gasteiger partial charge is 0.335 e. The normalized spacial score (nSPS) is 13.7. The molecule has 1 aliphatic rings. The molecule has 2 amide bonds. The number of hydrogen-bond acceptors (Lipinski definition) is 6. The van der Waals surface area contributed by atoms with Gasteiger partial charge in [0.25, 0.3) is 11.8 Å². The van der Waals surface area contributed by atoms with E-state index in [1.807, 2.05) is 62.3 Å². The highest BCUT2D eigenvalue weighted by Gasteiger charge is 2.29. The van der Waals surface area contributed by atoms with Gasteiger partial charge in [-0.3, -0.25) is 14.4 Å². The molecule has 0 saturated heterocycles. The Kier molecular flexibility index (Phi) is 7.90. The van der Waals surface area contributed by atoms with E-state index in [-0.39, 0.29) is 17.4 Å². The number of amides is 2. The first-order valence-corrected chi connectivity index (χ1v) is 12.1. The monoisotopic (exact) mass is 514 g/mol. The Hall–Kier alpha value is -4.47. The van der Waals surface area contributed by atoms with E-state index in [9.17, 15) is 19.5 Å².